The number of amides is 2. The lowest BCUT2D eigenvalue weighted by atomic mass is 10.4. The first-order valence-electron chi connectivity index (χ1n) is 3.06. The van der Waals surface area contributed by atoms with E-state index in [1.54, 1.807) is 0 Å². The summed E-state index contributed by atoms with van der Waals surface area (Å²) < 4.78 is 0. The maximum Gasteiger partial charge on any atom is 0.257 e. The monoisotopic (exact) mass is 170 g/mol. The third-order valence-electron chi connectivity index (χ3n) is 0.891. The maximum absolute atomic E-state index is 10.4. The minimum absolute atomic E-state index is 0.451. The molecule has 0 saturated carbocycles. The van der Waals surface area contributed by atoms with E-state index in [0.29, 0.717) is 0 Å². The SMILES string of the molecule is NNC(=O)C=CC=CC(=O)NN. The highest BCUT2D eigenvalue weighted by Crippen LogP contribution is 1.76. The van der Waals surface area contributed by atoms with Crippen molar-refractivity contribution >= 4 is 11.8 Å². The molecule has 12 heavy (non-hydrogen) atoms. The molecule has 0 rings (SSSR count). The zero-order valence-corrected chi connectivity index (χ0v) is 6.28. The van der Waals surface area contributed by atoms with Gasteiger partial charge in [-0.3, -0.25) is 20.4 Å². The van der Waals surface area contributed by atoms with Crippen molar-refractivity contribution in [3.63, 3.8) is 0 Å². The molecule has 0 aliphatic rings. The summed E-state index contributed by atoms with van der Waals surface area (Å²) in [5.41, 5.74) is 3.76. The highest BCUT2D eigenvalue weighted by atomic mass is 16.2. The molecule has 2 amide bonds. The number of hydrogen-bond donors (Lipinski definition) is 4. The Morgan fingerprint density at radius 1 is 0.917 bits per heavy atom. The summed E-state index contributed by atoms with van der Waals surface area (Å²) in [6.45, 7) is 0. The van der Waals surface area contributed by atoms with Gasteiger partial charge in [-0.25, -0.2) is 11.7 Å². The Bertz CT molecular complexity index is 198. The highest BCUT2D eigenvalue weighted by Gasteiger charge is 1.86. The first-order valence-corrected chi connectivity index (χ1v) is 3.06. The van der Waals surface area contributed by atoms with Gasteiger partial charge in [0, 0.05) is 12.2 Å². The summed E-state index contributed by atoms with van der Waals surface area (Å²) in [5.74, 6) is 8.63. The molecule has 6 N–H and O–H groups in total. The third-order valence-corrected chi connectivity index (χ3v) is 0.891. The lowest BCUT2D eigenvalue weighted by molar-refractivity contribution is -0.117. The van der Waals surface area contributed by atoms with E-state index in [2.05, 4.69) is 0 Å². The molecule has 0 unspecified atom stereocenters. The Morgan fingerprint density at radius 2 is 1.25 bits per heavy atom. The van der Waals surface area contributed by atoms with Gasteiger partial charge < -0.3 is 0 Å². The third kappa shape index (κ3) is 5.15. The topological polar surface area (TPSA) is 110 Å². The molecule has 0 saturated heterocycles. The molecule has 66 valence electrons. The van der Waals surface area contributed by atoms with Crippen LogP contribution in [0.1, 0.15) is 0 Å². The van der Waals surface area contributed by atoms with Gasteiger partial charge in [0.05, 0.1) is 0 Å². The number of rotatable bonds is 3. The van der Waals surface area contributed by atoms with E-state index >= 15 is 0 Å². The maximum atomic E-state index is 10.4. The molecule has 0 spiro atoms. The van der Waals surface area contributed by atoms with E-state index in [0.717, 1.165) is 0 Å². The molecule has 0 aliphatic heterocycles. The van der Waals surface area contributed by atoms with Crippen molar-refractivity contribution in [2.45, 2.75) is 0 Å². The highest BCUT2D eigenvalue weighted by molar-refractivity contribution is 5.89. The van der Waals surface area contributed by atoms with Crippen LogP contribution in [0.4, 0.5) is 0 Å². The van der Waals surface area contributed by atoms with E-state index in [1.165, 1.54) is 24.3 Å². The van der Waals surface area contributed by atoms with Gasteiger partial charge in [-0.05, 0) is 0 Å². The van der Waals surface area contributed by atoms with Crippen LogP contribution in [0.25, 0.3) is 0 Å². The molecule has 0 aliphatic carbocycles. The number of hydrogen-bond acceptors (Lipinski definition) is 4. The number of nitrogens with two attached hydrogens (primary N) is 2. The van der Waals surface area contributed by atoms with Crippen LogP contribution in [-0.4, -0.2) is 11.8 Å². The molecule has 0 atom stereocenters. The summed E-state index contributed by atoms with van der Waals surface area (Å²) in [7, 11) is 0. The standard InChI is InChI=1S/C6H10N4O2/c7-9-5(11)3-1-2-4-6(12)10-8/h1-4H,7-8H2,(H,9,11)(H,10,12). The van der Waals surface area contributed by atoms with Crippen LogP contribution in [0.2, 0.25) is 0 Å². The van der Waals surface area contributed by atoms with Crippen molar-refractivity contribution in [3.8, 4) is 0 Å². The van der Waals surface area contributed by atoms with Crippen LogP contribution in [0, 0.1) is 0 Å². The Balaban J connectivity index is 3.81. The van der Waals surface area contributed by atoms with Gasteiger partial charge >= 0.3 is 0 Å². The fourth-order valence-electron chi connectivity index (χ4n) is 0.382. The average Bonchev–Trinajstić information content (AvgIpc) is 2.11. The molecule has 0 fully saturated rings. The van der Waals surface area contributed by atoms with E-state index in [9.17, 15) is 9.59 Å². The molecule has 0 aromatic carbocycles. The normalized spacial score (nSPS) is 10.5. The number of carbonyl (C=O) groups is 2. The van der Waals surface area contributed by atoms with Gasteiger partial charge in [-0.15, -0.1) is 0 Å². The molecule has 0 radical (unpaired) electrons. The van der Waals surface area contributed by atoms with Crippen molar-refractivity contribution in [1.82, 2.24) is 10.9 Å². The second-order valence-corrected chi connectivity index (χ2v) is 1.74. The number of hydrazine groups is 2. The van der Waals surface area contributed by atoms with Gasteiger partial charge in [0.25, 0.3) is 11.8 Å². The van der Waals surface area contributed by atoms with Crippen LogP contribution in [0.5, 0.6) is 0 Å². The Kier molecular flexibility index (Phi) is 5.24. The van der Waals surface area contributed by atoms with Crippen molar-refractivity contribution in [2.75, 3.05) is 0 Å². The van der Waals surface area contributed by atoms with Crippen LogP contribution >= 0.6 is 0 Å². The van der Waals surface area contributed by atoms with E-state index in [4.69, 9.17) is 11.7 Å². The summed E-state index contributed by atoms with van der Waals surface area (Å²) >= 11 is 0. The van der Waals surface area contributed by atoms with Crippen molar-refractivity contribution in [1.29, 1.82) is 0 Å². The minimum Gasteiger partial charge on any atom is -0.291 e. The summed E-state index contributed by atoms with van der Waals surface area (Å²) in [4.78, 5) is 20.9. The predicted octanol–water partition coefficient (Wildman–Crippen LogP) is -1.92. The van der Waals surface area contributed by atoms with E-state index in [-0.39, 0.29) is 0 Å². The predicted molar refractivity (Wildman–Crippen MR) is 42.9 cm³/mol. The summed E-state index contributed by atoms with van der Waals surface area (Å²) in [6, 6.07) is 0. The van der Waals surface area contributed by atoms with E-state index < -0.39 is 11.8 Å². The first kappa shape index (κ1) is 10.3. The zero-order valence-electron chi connectivity index (χ0n) is 6.28. The van der Waals surface area contributed by atoms with Gasteiger partial charge in [-0.1, -0.05) is 12.2 Å². The molecule has 0 heterocycles. The summed E-state index contributed by atoms with van der Waals surface area (Å²) in [5, 5.41) is 0. The minimum atomic E-state index is -0.451. The molecule has 6 heteroatoms. The second kappa shape index (κ2) is 6.08. The molecule has 6 nitrogen and oxygen atoms in total. The number of allylic oxidation sites excluding steroid dienone is 2. The lowest BCUT2D eigenvalue weighted by Gasteiger charge is -1.87. The largest absolute Gasteiger partial charge is 0.291 e. The smallest absolute Gasteiger partial charge is 0.257 e. The lowest BCUT2D eigenvalue weighted by Crippen LogP contribution is -2.28. The van der Waals surface area contributed by atoms with Crippen LogP contribution in [0.3, 0.4) is 0 Å². The fraction of sp³-hybridized carbons (Fsp3) is 0. The Labute approximate surface area is 69.2 Å². The van der Waals surface area contributed by atoms with Gasteiger partial charge in [0.15, 0.2) is 0 Å². The van der Waals surface area contributed by atoms with Crippen molar-refractivity contribution in [2.24, 2.45) is 11.7 Å². The van der Waals surface area contributed by atoms with Crippen molar-refractivity contribution in [3.05, 3.63) is 24.3 Å². The molecular formula is C6H10N4O2. The number of nitrogens with one attached hydrogen (secondary N) is 2. The number of carbonyl (C=O) groups excluding carboxylic acids is 2. The first-order chi connectivity index (χ1) is 5.70. The average molecular weight is 170 g/mol. The molecule has 0 bridgehead atoms. The van der Waals surface area contributed by atoms with Gasteiger partial charge in [-0.2, -0.15) is 0 Å². The van der Waals surface area contributed by atoms with Crippen LogP contribution in [-0.2, 0) is 9.59 Å². The van der Waals surface area contributed by atoms with Gasteiger partial charge in [0.1, 0.15) is 0 Å². The quantitative estimate of drug-likeness (QED) is 0.130. The summed E-state index contributed by atoms with van der Waals surface area (Å²) in [6.07, 6.45) is 5.05. The fourth-order valence-corrected chi connectivity index (χ4v) is 0.382. The van der Waals surface area contributed by atoms with Crippen molar-refractivity contribution < 1.29 is 9.59 Å². The van der Waals surface area contributed by atoms with Crippen LogP contribution < -0.4 is 22.5 Å². The Morgan fingerprint density at radius 3 is 1.50 bits per heavy atom. The molecular weight excluding hydrogens is 160 g/mol. The Hall–Kier alpha value is -1.66. The molecule has 0 aromatic heterocycles. The van der Waals surface area contributed by atoms with Crippen LogP contribution in [0.15, 0.2) is 24.3 Å². The van der Waals surface area contributed by atoms with E-state index in [1.807, 2.05) is 10.9 Å². The van der Waals surface area contributed by atoms with Gasteiger partial charge in [0.2, 0.25) is 0 Å². The zero-order chi connectivity index (χ0) is 9.40. The molecule has 0 aromatic rings. The second-order valence-electron chi connectivity index (χ2n) is 1.74.